The predicted octanol–water partition coefficient (Wildman–Crippen LogP) is 1.40. The molecule has 1 unspecified atom stereocenters. The monoisotopic (exact) mass is 258 g/mol. The molecule has 1 aliphatic heterocycles. The summed E-state index contributed by atoms with van der Waals surface area (Å²) in [7, 11) is 1.74. The summed E-state index contributed by atoms with van der Waals surface area (Å²) >= 11 is 0. The van der Waals surface area contributed by atoms with E-state index in [1.54, 1.807) is 24.9 Å². The SMILES string of the molecule is CC1Oc2ccc(-c3cc(N)n[nH]3)cc2N(C)C1=O. The van der Waals surface area contributed by atoms with E-state index in [-0.39, 0.29) is 5.91 Å². The van der Waals surface area contributed by atoms with Gasteiger partial charge in [0.1, 0.15) is 11.6 Å². The fraction of sp³-hybridized carbons (Fsp3) is 0.231. The second-order valence-electron chi connectivity index (χ2n) is 4.55. The first kappa shape index (κ1) is 11.6. The number of nitrogens with two attached hydrogens (primary N) is 1. The second-order valence-corrected chi connectivity index (χ2v) is 4.55. The number of amides is 1. The summed E-state index contributed by atoms with van der Waals surface area (Å²) in [5, 5.41) is 6.74. The van der Waals surface area contributed by atoms with Gasteiger partial charge in [0.05, 0.1) is 11.4 Å². The number of anilines is 2. The van der Waals surface area contributed by atoms with E-state index in [9.17, 15) is 4.79 Å². The number of aromatic amines is 1. The Balaban J connectivity index is 2.07. The molecule has 0 saturated carbocycles. The number of rotatable bonds is 1. The molecule has 1 atom stereocenters. The number of nitrogens with zero attached hydrogens (tertiary/aromatic N) is 2. The normalized spacial score (nSPS) is 18.1. The van der Waals surface area contributed by atoms with Gasteiger partial charge < -0.3 is 15.4 Å². The van der Waals surface area contributed by atoms with Crippen LogP contribution in [0.5, 0.6) is 5.75 Å². The van der Waals surface area contributed by atoms with Gasteiger partial charge in [-0.25, -0.2) is 0 Å². The molecule has 0 aliphatic carbocycles. The number of likely N-dealkylation sites (N-methyl/N-ethyl adjacent to an activating group) is 1. The van der Waals surface area contributed by atoms with Crippen LogP contribution in [0.2, 0.25) is 0 Å². The molecule has 6 nitrogen and oxygen atoms in total. The highest BCUT2D eigenvalue weighted by Crippen LogP contribution is 2.36. The first-order valence-corrected chi connectivity index (χ1v) is 5.96. The Hall–Kier alpha value is -2.50. The van der Waals surface area contributed by atoms with Crippen LogP contribution in [0.15, 0.2) is 24.3 Å². The molecule has 19 heavy (non-hydrogen) atoms. The molecular formula is C13H14N4O2. The topological polar surface area (TPSA) is 84.2 Å². The number of hydrogen-bond acceptors (Lipinski definition) is 4. The number of carbonyl (C=O) groups is 1. The van der Waals surface area contributed by atoms with Crippen molar-refractivity contribution in [2.75, 3.05) is 17.7 Å². The highest BCUT2D eigenvalue weighted by molar-refractivity contribution is 6.00. The standard InChI is InChI=1S/C13H14N4O2/c1-7-13(18)17(2)10-5-8(3-4-11(10)19-7)9-6-12(14)16-15-9/h3-7H,1-2H3,(H3,14,15,16). The lowest BCUT2D eigenvalue weighted by molar-refractivity contribution is -0.125. The van der Waals surface area contributed by atoms with Crippen molar-refractivity contribution in [3.63, 3.8) is 0 Å². The minimum atomic E-state index is -0.453. The van der Waals surface area contributed by atoms with Gasteiger partial charge >= 0.3 is 0 Å². The molecule has 2 heterocycles. The van der Waals surface area contributed by atoms with E-state index in [1.165, 1.54) is 0 Å². The lowest BCUT2D eigenvalue weighted by Crippen LogP contribution is -2.41. The summed E-state index contributed by atoms with van der Waals surface area (Å²) in [4.78, 5) is 13.5. The van der Waals surface area contributed by atoms with E-state index in [0.717, 1.165) is 16.9 Å². The predicted molar refractivity (Wildman–Crippen MR) is 71.9 cm³/mol. The summed E-state index contributed by atoms with van der Waals surface area (Å²) in [6.45, 7) is 1.74. The third kappa shape index (κ3) is 1.81. The first-order chi connectivity index (χ1) is 9.06. The molecular weight excluding hydrogens is 244 g/mol. The fourth-order valence-corrected chi connectivity index (χ4v) is 2.16. The van der Waals surface area contributed by atoms with Gasteiger partial charge in [-0.3, -0.25) is 9.89 Å². The maximum Gasteiger partial charge on any atom is 0.267 e. The molecule has 0 fully saturated rings. The highest BCUT2D eigenvalue weighted by Gasteiger charge is 2.29. The van der Waals surface area contributed by atoms with Crippen molar-refractivity contribution in [1.82, 2.24) is 10.2 Å². The van der Waals surface area contributed by atoms with Crippen LogP contribution in [-0.2, 0) is 4.79 Å². The molecule has 0 saturated heterocycles. The zero-order valence-electron chi connectivity index (χ0n) is 10.7. The number of carbonyl (C=O) groups excluding carboxylic acids is 1. The van der Waals surface area contributed by atoms with Crippen molar-refractivity contribution in [2.45, 2.75) is 13.0 Å². The molecule has 98 valence electrons. The Kier molecular flexibility index (Phi) is 2.45. The molecule has 6 heteroatoms. The van der Waals surface area contributed by atoms with Gasteiger partial charge in [0.2, 0.25) is 0 Å². The number of nitrogens with one attached hydrogen (secondary N) is 1. The number of nitrogen functional groups attached to an aromatic ring is 1. The van der Waals surface area contributed by atoms with Crippen LogP contribution >= 0.6 is 0 Å². The average Bonchev–Trinajstić information content (AvgIpc) is 2.83. The Morgan fingerprint density at radius 3 is 2.89 bits per heavy atom. The van der Waals surface area contributed by atoms with Gasteiger partial charge in [0, 0.05) is 18.7 Å². The van der Waals surface area contributed by atoms with Gasteiger partial charge in [0.25, 0.3) is 5.91 Å². The number of ether oxygens (including phenoxy) is 1. The van der Waals surface area contributed by atoms with Crippen molar-refractivity contribution in [3.05, 3.63) is 24.3 Å². The van der Waals surface area contributed by atoms with E-state index in [2.05, 4.69) is 10.2 Å². The van der Waals surface area contributed by atoms with Crippen molar-refractivity contribution >= 4 is 17.4 Å². The van der Waals surface area contributed by atoms with Crippen LogP contribution in [0.1, 0.15) is 6.92 Å². The van der Waals surface area contributed by atoms with Gasteiger partial charge in [-0.15, -0.1) is 0 Å². The van der Waals surface area contributed by atoms with Crippen LogP contribution < -0.4 is 15.4 Å². The van der Waals surface area contributed by atoms with E-state index < -0.39 is 6.10 Å². The molecule has 3 rings (SSSR count). The van der Waals surface area contributed by atoms with Crippen LogP contribution in [0.3, 0.4) is 0 Å². The minimum absolute atomic E-state index is 0.0613. The first-order valence-electron chi connectivity index (χ1n) is 5.96. The van der Waals surface area contributed by atoms with Crippen molar-refractivity contribution < 1.29 is 9.53 Å². The molecule has 0 radical (unpaired) electrons. The van der Waals surface area contributed by atoms with E-state index in [0.29, 0.717) is 11.6 Å². The average molecular weight is 258 g/mol. The third-order valence-electron chi connectivity index (χ3n) is 3.21. The summed E-state index contributed by atoms with van der Waals surface area (Å²) in [6, 6.07) is 7.38. The second kappa shape index (κ2) is 4.01. The zero-order chi connectivity index (χ0) is 13.6. The Bertz CT molecular complexity index is 650. The van der Waals surface area contributed by atoms with E-state index in [1.807, 2.05) is 18.2 Å². The summed E-state index contributed by atoms with van der Waals surface area (Å²) in [6.07, 6.45) is -0.453. The van der Waals surface area contributed by atoms with Gasteiger partial charge in [-0.1, -0.05) is 0 Å². The number of aromatic nitrogens is 2. The number of hydrogen-bond donors (Lipinski definition) is 2. The van der Waals surface area contributed by atoms with Crippen LogP contribution in [0.4, 0.5) is 11.5 Å². The van der Waals surface area contributed by atoms with E-state index >= 15 is 0 Å². The van der Waals surface area contributed by atoms with Gasteiger partial charge in [-0.2, -0.15) is 5.10 Å². The van der Waals surface area contributed by atoms with Crippen LogP contribution in [0.25, 0.3) is 11.3 Å². The number of H-pyrrole nitrogens is 1. The fourth-order valence-electron chi connectivity index (χ4n) is 2.16. The summed E-state index contributed by atoms with van der Waals surface area (Å²) in [5.74, 6) is 1.07. The van der Waals surface area contributed by atoms with Crippen LogP contribution in [-0.4, -0.2) is 29.3 Å². The molecule has 1 amide bonds. The van der Waals surface area contributed by atoms with Crippen LogP contribution in [0, 0.1) is 0 Å². The molecule has 0 spiro atoms. The maximum atomic E-state index is 11.9. The minimum Gasteiger partial charge on any atom is -0.479 e. The van der Waals surface area contributed by atoms with Gasteiger partial charge in [0.15, 0.2) is 6.10 Å². The lowest BCUT2D eigenvalue weighted by Gasteiger charge is -2.30. The Morgan fingerprint density at radius 2 is 2.21 bits per heavy atom. The molecule has 1 aromatic carbocycles. The molecule has 1 aliphatic rings. The van der Waals surface area contributed by atoms with Crippen molar-refractivity contribution in [2.24, 2.45) is 0 Å². The molecule has 2 aromatic rings. The smallest absolute Gasteiger partial charge is 0.267 e. The molecule has 3 N–H and O–H groups in total. The van der Waals surface area contributed by atoms with Crippen molar-refractivity contribution in [3.8, 4) is 17.0 Å². The summed E-state index contributed by atoms with van der Waals surface area (Å²) < 4.78 is 5.57. The quantitative estimate of drug-likeness (QED) is 0.809. The molecule has 1 aromatic heterocycles. The zero-order valence-corrected chi connectivity index (χ0v) is 10.7. The third-order valence-corrected chi connectivity index (χ3v) is 3.21. The highest BCUT2D eigenvalue weighted by atomic mass is 16.5. The van der Waals surface area contributed by atoms with Crippen molar-refractivity contribution in [1.29, 1.82) is 0 Å². The van der Waals surface area contributed by atoms with Gasteiger partial charge in [-0.05, 0) is 25.1 Å². The largest absolute Gasteiger partial charge is 0.479 e. The maximum absolute atomic E-state index is 11.9. The Morgan fingerprint density at radius 1 is 1.42 bits per heavy atom. The molecule has 0 bridgehead atoms. The van der Waals surface area contributed by atoms with E-state index in [4.69, 9.17) is 10.5 Å². The number of benzene rings is 1. The lowest BCUT2D eigenvalue weighted by atomic mass is 10.1. The Labute approximate surface area is 110 Å². The number of fused-ring (bicyclic) bond motifs is 1. The summed E-state index contributed by atoms with van der Waals surface area (Å²) in [5.41, 5.74) is 8.04.